The Kier molecular flexibility index (Phi) is 6.14. The summed E-state index contributed by atoms with van der Waals surface area (Å²) >= 11 is 12.1. The second kappa shape index (κ2) is 8.68. The minimum absolute atomic E-state index is 0.00868. The van der Waals surface area contributed by atoms with Crippen molar-refractivity contribution in [2.24, 2.45) is 0 Å². The zero-order valence-corrected chi connectivity index (χ0v) is 18.8. The van der Waals surface area contributed by atoms with Gasteiger partial charge in [-0.05, 0) is 30.3 Å². The fourth-order valence-electron chi connectivity index (χ4n) is 3.21. The van der Waals surface area contributed by atoms with Crippen LogP contribution in [0, 0.1) is 0 Å². The topological polar surface area (TPSA) is 75.2 Å². The summed E-state index contributed by atoms with van der Waals surface area (Å²) in [6.45, 7) is 0. The molecule has 0 aliphatic rings. The molecule has 0 radical (unpaired) electrons. The van der Waals surface area contributed by atoms with Gasteiger partial charge in [0.1, 0.15) is 17.3 Å². The quantitative estimate of drug-likeness (QED) is 0.280. The first-order chi connectivity index (χ1) is 16.3. The van der Waals surface area contributed by atoms with Crippen LogP contribution in [0.4, 0.5) is 32.2 Å². The van der Waals surface area contributed by atoms with Crippen LogP contribution in [0.2, 0.25) is 10.0 Å². The SMILES string of the molecule is COc1ccc(Oc2cc(C(F)(F)F)c3c(N)n(-c4ccc(C(F)(F)F)cc4Cl)nc3n2)c(Cl)c1. The molecule has 0 saturated heterocycles. The zero-order chi connectivity index (χ0) is 25.7. The molecule has 0 spiro atoms. The number of hydrogen-bond donors (Lipinski definition) is 1. The number of hydrogen-bond acceptors (Lipinski definition) is 5. The number of halogens is 8. The summed E-state index contributed by atoms with van der Waals surface area (Å²) in [7, 11) is 1.40. The van der Waals surface area contributed by atoms with Gasteiger partial charge in [-0.2, -0.15) is 31.3 Å². The highest BCUT2D eigenvalue weighted by molar-refractivity contribution is 6.32. The van der Waals surface area contributed by atoms with Crippen LogP contribution in [0.25, 0.3) is 16.7 Å². The number of nitrogens with zero attached hydrogens (tertiary/aromatic N) is 3. The predicted octanol–water partition coefficient (Wildman–Crippen LogP) is 7.15. The van der Waals surface area contributed by atoms with Crippen LogP contribution in [0.15, 0.2) is 42.5 Å². The standard InChI is InChI=1S/C21H12Cl2F6N4O2/c1-34-10-3-5-15(13(23)7-10)35-16-8-11(21(27,28)29)17-18(30)33(32-19(17)31-16)14-4-2-9(6-12(14)22)20(24,25)26/h2-8H,30H2,1H3. The Morgan fingerprint density at radius 2 is 1.63 bits per heavy atom. The molecule has 0 aliphatic heterocycles. The van der Waals surface area contributed by atoms with Crippen LogP contribution < -0.4 is 15.2 Å². The molecule has 4 aromatic rings. The van der Waals surface area contributed by atoms with Gasteiger partial charge in [-0.1, -0.05) is 23.2 Å². The Bertz CT molecular complexity index is 1440. The van der Waals surface area contributed by atoms with E-state index in [4.69, 9.17) is 38.4 Å². The first-order valence-electron chi connectivity index (χ1n) is 9.44. The van der Waals surface area contributed by atoms with Gasteiger partial charge in [0.05, 0.1) is 39.4 Å². The number of nitrogens with two attached hydrogens (primary N) is 1. The normalized spacial score (nSPS) is 12.3. The molecule has 0 aliphatic carbocycles. The van der Waals surface area contributed by atoms with Gasteiger partial charge >= 0.3 is 12.4 Å². The van der Waals surface area contributed by atoms with E-state index >= 15 is 0 Å². The van der Waals surface area contributed by atoms with E-state index in [9.17, 15) is 26.3 Å². The van der Waals surface area contributed by atoms with Gasteiger partial charge in [0.2, 0.25) is 5.88 Å². The summed E-state index contributed by atoms with van der Waals surface area (Å²) in [5.41, 5.74) is 2.99. The average Bonchev–Trinajstić information content (AvgIpc) is 3.09. The van der Waals surface area contributed by atoms with E-state index in [2.05, 4.69) is 10.1 Å². The molecule has 0 fully saturated rings. The van der Waals surface area contributed by atoms with Crippen LogP contribution in [0.3, 0.4) is 0 Å². The molecule has 0 unspecified atom stereocenters. The van der Waals surface area contributed by atoms with E-state index < -0.39 is 51.2 Å². The summed E-state index contributed by atoms with van der Waals surface area (Å²) < 4.78 is 91.8. The van der Waals surface area contributed by atoms with Gasteiger partial charge in [-0.3, -0.25) is 0 Å². The molecule has 2 aromatic carbocycles. The molecule has 0 atom stereocenters. The fraction of sp³-hybridized carbons (Fsp3) is 0.143. The van der Waals surface area contributed by atoms with Crippen molar-refractivity contribution < 1.29 is 35.8 Å². The number of anilines is 1. The van der Waals surface area contributed by atoms with Crippen molar-refractivity contribution in [2.75, 3.05) is 12.8 Å². The maximum Gasteiger partial charge on any atom is 0.417 e. The smallest absolute Gasteiger partial charge is 0.417 e. The summed E-state index contributed by atoms with van der Waals surface area (Å²) in [5, 5.41) is 2.97. The zero-order valence-electron chi connectivity index (χ0n) is 17.3. The monoisotopic (exact) mass is 536 g/mol. The molecular weight excluding hydrogens is 525 g/mol. The fourth-order valence-corrected chi connectivity index (χ4v) is 3.68. The molecule has 0 saturated carbocycles. The highest BCUT2D eigenvalue weighted by atomic mass is 35.5. The number of methoxy groups -OCH3 is 1. The second-order valence-corrected chi connectivity index (χ2v) is 7.88. The number of benzene rings is 2. The van der Waals surface area contributed by atoms with Crippen molar-refractivity contribution >= 4 is 40.1 Å². The second-order valence-electron chi connectivity index (χ2n) is 7.06. The number of nitrogen functional groups attached to an aromatic ring is 1. The van der Waals surface area contributed by atoms with Crippen molar-refractivity contribution in [2.45, 2.75) is 12.4 Å². The summed E-state index contributed by atoms with van der Waals surface area (Å²) in [5.74, 6) is -0.650. The number of pyridine rings is 1. The molecule has 2 heterocycles. The van der Waals surface area contributed by atoms with Crippen molar-refractivity contribution in [3.63, 3.8) is 0 Å². The van der Waals surface area contributed by atoms with Gasteiger partial charge in [0.15, 0.2) is 5.65 Å². The minimum Gasteiger partial charge on any atom is -0.497 e. The summed E-state index contributed by atoms with van der Waals surface area (Å²) in [4.78, 5) is 3.97. The first-order valence-corrected chi connectivity index (χ1v) is 10.2. The van der Waals surface area contributed by atoms with Crippen molar-refractivity contribution in [1.29, 1.82) is 0 Å². The van der Waals surface area contributed by atoms with E-state index in [1.54, 1.807) is 0 Å². The van der Waals surface area contributed by atoms with Gasteiger partial charge in [-0.15, -0.1) is 5.10 Å². The van der Waals surface area contributed by atoms with Gasteiger partial charge in [0.25, 0.3) is 0 Å². The lowest BCUT2D eigenvalue weighted by molar-refractivity contribution is -0.138. The van der Waals surface area contributed by atoms with Crippen molar-refractivity contribution in [3.05, 3.63) is 63.6 Å². The van der Waals surface area contributed by atoms with Gasteiger partial charge in [0, 0.05) is 12.1 Å². The Morgan fingerprint density at radius 1 is 0.914 bits per heavy atom. The summed E-state index contributed by atoms with van der Waals surface area (Å²) in [6.07, 6.45) is -9.59. The minimum atomic E-state index is -4.91. The number of fused-ring (bicyclic) bond motifs is 1. The highest BCUT2D eigenvalue weighted by Gasteiger charge is 2.37. The van der Waals surface area contributed by atoms with Crippen LogP contribution in [0.5, 0.6) is 17.4 Å². The maximum atomic E-state index is 13.9. The molecule has 0 bridgehead atoms. The van der Waals surface area contributed by atoms with Crippen LogP contribution >= 0.6 is 23.2 Å². The Balaban J connectivity index is 1.86. The Morgan fingerprint density at radius 3 is 2.20 bits per heavy atom. The lowest BCUT2D eigenvalue weighted by Gasteiger charge is -2.12. The number of alkyl halides is 6. The number of rotatable bonds is 4. The molecule has 35 heavy (non-hydrogen) atoms. The van der Waals surface area contributed by atoms with E-state index in [-0.39, 0.29) is 16.5 Å². The van der Waals surface area contributed by atoms with Gasteiger partial charge in [-0.25, -0.2) is 4.68 Å². The third kappa shape index (κ3) is 4.76. The lowest BCUT2D eigenvalue weighted by Crippen LogP contribution is -2.09. The first kappa shape index (κ1) is 24.7. The molecule has 2 N–H and O–H groups in total. The van der Waals surface area contributed by atoms with Crippen LogP contribution in [-0.2, 0) is 12.4 Å². The molecular formula is C21H12Cl2F6N4O2. The van der Waals surface area contributed by atoms with Crippen molar-refractivity contribution in [1.82, 2.24) is 14.8 Å². The molecule has 6 nitrogen and oxygen atoms in total. The van der Waals surface area contributed by atoms with E-state index in [0.717, 1.165) is 10.7 Å². The van der Waals surface area contributed by atoms with E-state index in [1.807, 2.05) is 0 Å². The van der Waals surface area contributed by atoms with Gasteiger partial charge < -0.3 is 15.2 Å². The maximum absolute atomic E-state index is 13.9. The Hall–Kier alpha value is -3.38. The highest BCUT2D eigenvalue weighted by Crippen LogP contribution is 2.42. The molecule has 184 valence electrons. The lowest BCUT2D eigenvalue weighted by atomic mass is 10.1. The number of aromatic nitrogens is 3. The molecule has 4 rings (SSSR count). The third-order valence-electron chi connectivity index (χ3n) is 4.82. The number of ether oxygens (including phenoxy) is 2. The largest absolute Gasteiger partial charge is 0.497 e. The average molecular weight is 537 g/mol. The van der Waals surface area contributed by atoms with Crippen LogP contribution in [-0.4, -0.2) is 21.9 Å². The Labute approximate surface area is 202 Å². The van der Waals surface area contributed by atoms with Crippen LogP contribution in [0.1, 0.15) is 11.1 Å². The van der Waals surface area contributed by atoms with E-state index in [1.165, 1.54) is 25.3 Å². The van der Waals surface area contributed by atoms with Crippen molar-refractivity contribution in [3.8, 4) is 23.1 Å². The molecule has 14 heteroatoms. The third-order valence-corrected chi connectivity index (χ3v) is 5.42. The van der Waals surface area contributed by atoms with E-state index in [0.29, 0.717) is 23.9 Å². The predicted molar refractivity (Wildman–Crippen MR) is 116 cm³/mol. The molecule has 0 amide bonds. The summed E-state index contributed by atoms with van der Waals surface area (Å²) in [6, 6.07) is 7.10. The molecule has 2 aromatic heterocycles.